The molecule has 0 saturated carbocycles. The van der Waals surface area contributed by atoms with E-state index in [4.69, 9.17) is 9.47 Å². The maximum atomic E-state index is 13.3. The van der Waals surface area contributed by atoms with Gasteiger partial charge in [0, 0.05) is 36.3 Å². The molecule has 1 atom stereocenters. The number of amides is 3. The van der Waals surface area contributed by atoms with Gasteiger partial charge in [0.25, 0.3) is 11.8 Å². The van der Waals surface area contributed by atoms with Crippen molar-refractivity contribution in [2.24, 2.45) is 5.92 Å². The highest BCUT2D eigenvalue weighted by Crippen LogP contribution is 2.23. The van der Waals surface area contributed by atoms with Crippen molar-refractivity contribution in [3.63, 3.8) is 0 Å². The van der Waals surface area contributed by atoms with Gasteiger partial charge in [-0.05, 0) is 49.4 Å². The van der Waals surface area contributed by atoms with Crippen molar-refractivity contribution < 1.29 is 23.9 Å². The minimum absolute atomic E-state index is 0.00231. The number of hydrogen-bond acceptors (Lipinski definition) is 5. The van der Waals surface area contributed by atoms with Gasteiger partial charge >= 0.3 is 0 Å². The number of methoxy groups -OCH3 is 2. The lowest BCUT2D eigenvalue weighted by Gasteiger charge is -2.35. The second-order valence-electron chi connectivity index (χ2n) is 9.18. The van der Waals surface area contributed by atoms with Crippen LogP contribution in [0, 0.1) is 12.8 Å². The predicted molar refractivity (Wildman–Crippen MR) is 134 cm³/mol. The molecule has 1 saturated heterocycles. The quantitative estimate of drug-likeness (QED) is 0.604. The van der Waals surface area contributed by atoms with E-state index in [1.54, 1.807) is 23.1 Å². The summed E-state index contributed by atoms with van der Waals surface area (Å²) in [6.07, 6.45) is 1.32. The lowest BCUT2D eigenvalue weighted by Crippen LogP contribution is -2.54. The Morgan fingerprint density at radius 3 is 2.09 bits per heavy atom. The highest BCUT2D eigenvalue weighted by Gasteiger charge is 2.32. The number of rotatable bonds is 8. The number of piperidine rings is 1. The van der Waals surface area contributed by atoms with Crippen molar-refractivity contribution in [2.75, 3.05) is 27.3 Å². The zero-order valence-electron chi connectivity index (χ0n) is 21.1. The average molecular weight is 482 g/mol. The molecule has 1 aliphatic rings. The third kappa shape index (κ3) is 6.53. The largest absolute Gasteiger partial charge is 0.497 e. The Labute approximate surface area is 207 Å². The van der Waals surface area contributed by atoms with Crippen LogP contribution in [0.25, 0.3) is 0 Å². The standard InChI is InChI=1S/C27H35N3O5/c1-17(2)24(29-25(31)19-14-21(34-4)16-22(15-19)35-5)27(33)30-12-10-20(11-13-30)28-26(32)23-9-7-6-8-18(23)3/h6-9,14-17,20,24H,10-13H2,1-5H3,(H,28,32)(H,29,31). The van der Waals surface area contributed by atoms with Gasteiger partial charge in [-0.1, -0.05) is 32.0 Å². The summed E-state index contributed by atoms with van der Waals surface area (Å²) in [4.78, 5) is 40.7. The van der Waals surface area contributed by atoms with Crippen LogP contribution in [0.1, 0.15) is 53.0 Å². The normalized spacial score (nSPS) is 14.9. The highest BCUT2D eigenvalue weighted by molar-refractivity contribution is 5.98. The number of aryl methyl sites for hydroxylation is 1. The molecule has 35 heavy (non-hydrogen) atoms. The van der Waals surface area contributed by atoms with Crippen LogP contribution in [-0.2, 0) is 4.79 Å². The number of benzene rings is 2. The van der Waals surface area contributed by atoms with Crippen LogP contribution in [0.3, 0.4) is 0 Å². The van der Waals surface area contributed by atoms with Gasteiger partial charge < -0.3 is 25.0 Å². The van der Waals surface area contributed by atoms with Crippen molar-refractivity contribution in [2.45, 2.75) is 45.7 Å². The van der Waals surface area contributed by atoms with E-state index in [9.17, 15) is 14.4 Å². The zero-order valence-corrected chi connectivity index (χ0v) is 21.1. The van der Waals surface area contributed by atoms with Gasteiger partial charge in [0.1, 0.15) is 17.5 Å². The average Bonchev–Trinajstić information content (AvgIpc) is 2.86. The Kier molecular flexibility index (Phi) is 8.73. The first-order valence-electron chi connectivity index (χ1n) is 11.9. The van der Waals surface area contributed by atoms with Gasteiger partial charge in [-0.25, -0.2) is 0 Å². The van der Waals surface area contributed by atoms with Crippen LogP contribution in [0.4, 0.5) is 0 Å². The number of hydrogen-bond donors (Lipinski definition) is 2. The minimum atomic E-state index is -0.669. The molecule has 0 bridgehead atoms. The third-order valence-corrected chi connectivity index (χ3v) is 6.36. The fourth-order valence-corrected chi connectivity index (χ4v) is 4.21. The maximum Gasteiger partial charge on any atom is 0.252 e. The van der Waals surface area contributed by atoms with E-state index in [0.29, 0.717) is 48.6 Å². The maximum absolute atomic E-state index is 13.3. The second kappa shape index (κ2) is 11.7. The summed E-state index contributed by atoms with van der Waals surface area (Å²) >= 11 is 0. The predicted octanol–water partition coefficient (Wildman–Crippen LogP) is 3.19. The smallest absolute Gasteiger partial charge is 0.252 e. The molecule has 1 unspecified atom stereocenters. The number of carbonyl (C=O) groups is 3. The summed E-state index contributed by atoms with van der Waals surface area (Å²) in [5, 5.41) is 5.99. The van der Waals surface area contributed by atoms with Crippen LogP contribution < -0.4 is 20.1 Å². The summed E-state index contributed by atoms with van der Waals surface area (Å²) in [7, 11) is 3.04. The monoisotopic (exact) mass is 481 g/mol. The summed E-state index contributed by atoms with van der Waals surface area (Å²) in [6.45, 7) is 6.76. The Morgan fingerprint density at radius 1 is 0.943 bits per heavy atom. The van der Waals surface area contributed by atoms with E-state index in [-0.39, 0.29) is 29.7 Å². The van der Waals surface area contributed by atoms with Gasteiger partial charge in [0.15, 0.2) is 0 Å². The molecule has 0 aliphatic carbocycles. The van der Waals surface area contributed by atoms with E-state index in [1.165, 1.54) is 14.2 Å². The Bertz CT molecular complexity index is 1040. The Hall–Kier alpha value is -3.55. The third-order valence-electron chi connectivity index (χ3n) is 6.36. The van der Waals surface area contributed by atoms with Crippen LogP contribution in [0.15, 0.2) is 42.5 Å². The van der Waals surface area contributed by atoms with Crippen LogP contribution in [0.2, 0.25) is 0 Å². The first-order chi connectivity index (χ1) is 16.7. The Balaban J connectivity index is 1.61. The molecule has 3 amide bonds. The molecule has 0 radical (unpaired) electrons. The number of ether oxygens (including phenoxy) is 2. The van der Waals surface area contributed by atoms with E-state index in [2.05, 4.69) is 10.6 Å². The molecule has 8 heteroatoms. The molecule has 1 aliphatic heterocycles. The number of nitrogens with one attached hydrogen (secondary N) is 2. The van der Waals surface area contributed by atoms with E-state index in [1.807, 2.05) is 45.0 Å². The molecule has 1 heterocycles. The van der Waals surface area contributed by atoms with Crippen LogP contribution in [-0.4, -0.2) is 62.0 Å². The molecule has 2 aromatic carbocycles. The van der Waals surface area contributed by atoms with Gasteiger partial charge in [0.05, 0.1) is 14.2 Å². The molecule has 8 nitrogen and oxygen atoms in total. The summed E-state index contributed by atoms with van der Waals surface area (Å²) in [5.74, 6) is 0.321. The van der Waals surface area contributed by atoms with Gasteiger partial charge in [-0.15, -0.1) is 0 Å². The van der Waals surface area contributed by atoms with Crippen molar-refractivity contribution in [1.82, 2.24) is 15.5 Å². The molecular formula is C27H35N3O5. The van der Waals surface area contributed by atoms with Crippen molar-refractivity contribution in [3.05, 3.63) is 59.2 Å². The van der Waals surface area contributed by atoms with Crippen molar-refractivity contribution in [3.8, 4) is 11.5 Å². The van der Waals surface area contributed by atoms with E-state index >= 15 is 0 Å². The summed E-state index contributed by atoms with van der Waals surface area (Å²) in [5.41, 5.74) is 1.96. The Morgan fingerprint density at radius 2 is 1.54 bits per heavy atom. The van der Waals surface area contributed by atoms with Gasteiger partial charge in [-0.3, -0.25) is 14.4 Å². The van der Waals surface area contributed by atoms with Crippen LogP contribution >= 0.6 is 0 Å². The number of likely N-dealkylation sites (tertiary alicyclic amines) is 1. The first kappa shape index (κ1) is 26.1. The first-order valence-corrected chi connectivity index (χ1v) is 11.9. The summed E-state index contributed by atoms with van der Waals surface area (Å²) in [6, 6.07) is 11.7. The topological polar surface area (TPSA) is 97.0 Å². The SMILES string of the molecule is COc1cc(OC)cc(C(=O)NC(C(=O)N2CCC(NC(=O)c3ccccc3C)CC2)C(C)C)c1. The van der Waals surface area contributed by atoms with Crippen LogP contribution in [0.5, 0.6) is 11.5 Å². The van der Waals surface area contributed by atoms with Gasteiger partial charge in [-0.2, -0.15) is 0 Å². The second-order valence-corrected chi connectivity index (χ2v) is 9.18. The molecule has 188 valence electrons. The van der Waals surface area contributed by atoms with Crippen molar-refractivity contribution in [1.29, 1.82) is 0 Å². The number of carbonyl (C=O) groups excluding carboxylic acids is 3. The minimum Gasteiger partial charge on any atom is -0.497 e. The molecule has 2 N–H and O–H groups in total. The van der Waals surface area contributed by atoms with Crippen molar-refractivity contribution >= 4 is 17.7 Å². The molecule has 2 aromatic rings. The molecular weight excluding hydrogens is 446 g/mol. The lowest BCUT2D eigenvalue weighted by atomic mass is 9.98. The molecule has 0 aromatic heterocycles. The zero-order chi connectivity index (χ0) is 25.5. The van der Waals surface area contributed by atoms with E-state index in [0.717, 1.165) is 5.56 Å². The van der Waals surface area contributed by atoms with E-state index < -0.39 is 6.04 Å². The molecule has 3 rings (SSSR count). The number of nitrogens with zero attached hydrogens (tertiary/aromatic N) is 1. The highest BCUT2D eigenvalue weighted by atomic mass is 16.5. The fraction of sp³-hybridized carbons (Fsp3) is 0.444. The summed E-state index contributed by atoms with van der Waals surface area (Å²) < 4.78 is 10.5. The molecule has 0 spiro atoms. The van der Waals surface area contributed by atoms with Gasteiger partial charge in [0.2, 0.25) is 5.91 Å². The molecule has 1 fully saturated rings. The fourth-order valence-electron chi connectivity index (χ4n) is 4.21. The lowest BCUT2D eigenvalue weighted by molar-refractivity contribution is -0.135.